The molecule has 0 saturated heterocycles. The van der Waals surface area contributed by atoms with Crippen LogP contribution in [-0.2, 0) is 23.9 Å². The van der Waals surface area contributed by atoms with E-state index in [0.29, 0.717) is 5.56 Å². The van der Waals surface area contributed by atoms with Crippen LogP contribution in [0.3, 0.4) is 0 Å². The lowest BCUT2D eigenvalue weighted by atomic mass is 9.75. The Balaban J connectivity index is 3.36. The van der Waals surface area contributed by atoms with E-state index in [-0.39, 0.29) is 11.2 Å². The molecule has 0 N–H and O–H groups in total. The van der Waals surface area contributed by atoms with Crippen LogP contribution in [0.5, 0.6) is 0 Å². The minimum atomic E-state index is -1.21. The lowest BCUT2D eigenvalue weighted by Gasteiger charge is -2.28. The molecule has 0 aliphatic rings. The van der Waals surface area contributed by atoms with Crippen molar-refractivity contribution in [2.45, 2.75) is 33.6 Å². The van der Waals surface area contributed by atoms with E-state index < -0.39 is 29.7 Å². The highest BCUT2D eigenvalue weighted by Crippen LogP contribution is 2.35. The van der Waals surface area contributed by atoms with Crippen LogP contribution in [0.1, 0.15) is 39.2 Å². The smallest absolute Gasteiger partial charge is 0.320 e. The van der Waals surface area contributed by atoms with Gasteiger partial charge in [-0.1, -0.05) is 64.1 Å². The molecule has 5 heteroatoms. The summed E-state index contributed by atoms with van der Waals surface area (Å²) in [5, 5.41) is 0. The second-order valence-electron chi connectivity index (χ2n) is 7.35. The SMILES string of the molecule is COC(=O)C(C(=O)OC)[C@@H](c1ccccc1)[C@@H](C)C(=O)/C=C/C(C)(C)C. The summed E-state index contributed by atoms with van der Waals surface area (Å²) in [6, 6.07) is 9.02. The number of benzene rings is 1. The van der Waals surface area contributed by atoms with Crippen molar-refractivity contribution in [2.24, 2.45) is 17.3 Å². The molecule has 0 amide bonds. The predicted octanol–water partition coefficient (Wildman–Crippen LogP) is 3.54. The highest BCUT2D eigenvalue weighted by atomic mass is 16.5. The van der Waals surface area contributed by atoms with Gasteiger partial charge in [0.25, 0.3) is 0 Å². The Morgan fingerprint density at radius 2 is 1.46 bits per heavy atom. The molecule has 1 rings (SSSR count). The first-order valence-electron chi connectivity index (χ1n) is 8.56. The van der Waals surface area contributed by atoms with E-state index in [9.17, 15) is 14.4 Å². The van der Waals surface area contributed by atoms with Crippen LogP contribution in [0, 0.1) is 17.3 Å². The lowest BCUT2D eigenvalue weighted by molar-refractivity contribution is -0.160. The summed E-state index contributed by atoms with van der Waals surface area (Å²) in [7, 11) is 2.43. The Morgan fingerprint density at radius 3 is 1.88 bits per heavy atom. The summed E-state index contributed by atoms with van der Waals surface area (Å²) in [6.45, 7) is 7.68. The van der Waals surface area contributed by atoms with Gasteiger partial charge in [0.15, 0.2) is 11.7 Å². The maximum absolute atomic E-state index is 12.7. The van der Waals surface area contributed by atoms with Crippen molar-refractivity contribution in [3.63, 3.8) is 0 Å². The number of rotatable bonds is 7. The number of ketones is 1. The third-order valence-corrected chi connectivity index (χ3v) is 4.19. The average molecular weight is 360 g/mol. The molecule has 0 fully saturated rings. The van der Waals surface area contributed by atoms with Gasteiger partial charge < -0.3 is 9.47 Å². The summed E-state index contributed by atoms with van der Waals surface area (Å²) < 4.78 is 9.63. The third kappa shape index (κ3) is 5.83. The van der Waals surface area contributed by atoms with E-state index >= 15 is 0 Å². The third-order valence-electron chi connectivity index (χ3n) is 4.19. The molecule has 0 aliphatic carbocycles. The average Bonchev–Trinajstić information content (AvgIpc) is 2.62. The molecule has 0 aromatic heterocycles. The molecule has 1 aromatic rings. The van der Waals surface area contributed by atoms with Crippen molar-refractivity contribution in [3.8, 4) is 0 Å². The van der Waals surface area contributed by atoms with Crippen LogP contribution in [0.25, 0.3) is 0 Å². The Labute approximate surface area is 155 Å². The van der Waals surface area contributed by atoms with Crippen molar-refractivity contribution in [3.05, 3.63) is 48.0 Å². The Kier molecular flexibility index (Phi) is 7.75. The zero-order valence-electron chi connectivity index (χ0n) is 16.3. The van der Waals surface area contributed by atoms with Gasteiger partial charge in [0.2, 0.25) is 0 Å². The number of methoxy groups -OCH3 is 2. The fraction of sp³-hybridized carbons (Fsp3) is 0.476. The number of allylic oxidation sites excluding steroid dienone is 2. The second-order valence-corrected chi connectivity index (χ2v) is 7.35. The molecule has 26 heavy (non-hydrogen) atoms. The van der Waals surface area contributed by atoms with E-state index in [0.717, 1.165) is 0 Å². The normalized spacial score (nSPS) is 14.1. The molecule has 0 spiro atoms. The number of esters is 2. The van der Waals surface area contributed by atoms with E-state index in [4.69, 9.17) is 9.47 Å². The van der Waals surface area contributed by atoms with Gasteiger partial charge in [0.05, 0.1) is 14.2 Å². The first-order valence-corrected chi connectivity index (χ1v) is 8.56. The Morgan fingerprint density at radius 1 is 0.962 bits per heavy atom. The number of ether oxygens (including phenoxy) is 2. The summed E-state index contributed by atoms with van der Waals surface area (Å²) in [5.41, 5.74) is 0.556. The fourth-order valence-corrected chi connectivity index (χ4v) is 2.75. The molecule has 0 heterocycles. The zero-order chi connectivity index (χ0) is 19.9. The monoisotopic (exact) mass is 360 g/mol. The summed E-state index contributed by atoms with van der Waals surface area (Å²) in [6.07, 6.45) is 3.34. The number of carbonyl (C=O) groups excluding carboxylic acids is 3. The molecule has 0 radical (unpaired) electrons. The van der Waals surface area contributed by atoms with Crippen molar-refractivity contribution in [1.29, 1.82) is 0 Å². The largest absolute Gasteiger partial charge is 0.468 e. The predicted molar refractivity (Wildman–Crippen MR) is 99.5 cm³/mol. The van der Waals surface area contributed by atoms with Crippen LogP contribution in [0.4, 0.5) is 0 Å². The molecule has 0 aliphatic heterocycles. The van der Waals surface area contributed by atoms with Crippen molar-refractivity contribution in [1.82, 2.24) is 0 Å². The molecule has 5 nitrogen and oxygen atoms in total. The molecule has 1 aromatic carbocycles. The molecule has 2 atom stereocenters. The van der Waals surface area contributed by atoms with Gasteiger partial charge in [-0.25, -0.2) is 0 Å². The fourth-order valence-electron chi connectivity index (χ4n) is 2.75. The molecule has 142 valence electrons. The van der Waals surface area contributed by atoms with Gasteiger partial charge in [-0.2, -0.15) is 0 Å². The molecule has 0 saturated carbocycles. The van der Waals surface area contributed by atoms with Crippen LogP contribution >= 0.6 is 0 Å². The first-order chi connectivity index (χ1) is 12.1. The minimum Gasteiger partial charge on any atom is -0.468 e. The van der Waals surface area contributed by atoms with Gasteiger partial charge in [-0.15, -0.1) is 0 Å². The molecular weight excluding hydrogens is 332 g/mol. The van der Waals surface area contributed by atoms with E-state index in [1.807, 2.05) is 32.9 Å². The summed E-state index contributed by atoms with van der Waals surface area (Å²) in [4.78, 5) is 37.4. The number of hydrogen-bond donors (Lipinski definition) is 0. The summed E-state index contributed by atoms with van der Waals surface area (Å²) in [5.74, 6) is -4.11. The van der Waals surface area contributed by atoms with Crippen molar-refractivity contribution < 1.29 is 23.9 Å². The topological polar surface area (TPSA) is 69.7 Å². The maximum atomic E-state index is 12.7. The maximum Gasteiger partial charge on any atom is 0.320 e. The van der Waals surface area contributed by atoms with Crippen LogP contribution < -0.4 is 0 Å². The van der Waals surface area contributed by atoms with Gasteiger partial charge in [-0.3, -0.25) is 14.4 Å². The van der Waals surface area contributed by atoms with Crippen molar-refractivity contribution in [2.75, 3.05) is 14.2 Å². The van der Waals surface area contributed by atoms with Gasteiger partial charge in [-0.05, 0) is 17.1 Å². The van der Waals surface area contributed by atoms with E-state index in [1.54, 1.807) is 31.2 Å². The minimum absolute atomic E-state index is 0.151. The van der Waals surface area contributed by atoms with Crippen LogP contribution in [0.2, 0.25) is 0 Å². The highest BCUT2D eigenvalue weighted by molar-refractivity contribution is 5.98. The van der Waals surface area contributed by atoms with E-state index in [2.05, 4.69) is 0 Å². The van der Waals surface area contributed by atoms with Gasteiger partial charge >= 0.3 is 11.9 Å². The highest BCUT2D eigenvalue weighted by Gasteiger charge is 2.42. The van der Waals surface area contributed by atoms with E-state index in [1.165, 1.54) is 20.3 Å². The zero-order valence-corrected chi connectivity index (χ0v) is 16.3. The van der Waals surface area contributed by atoms with Gasteiger partial charge in [0, 0.05) is 11.8 Å². The quantitative estimate of drug-likeness (QED) is 0.423. The number of carbonyl (C=O) groups is 3. The Hall–Kier alpha value is -2.43. The van der Waals surface area contributed by atoms with Gasteiger partial charge in [0.1, 0.15) is 0 Å². The standard InChI is InChI=1S/C21H28O5/c1-14(16(22)12-13-21(2,3)4)17(15-10-8-7-9-11-15)18(19(23)25-5)20(24)26-6/h7-14,17-18H,1-6H3/b13-12+/t14-,17+/m0/s1. The van der Waals surface area contributed by atoms with Crippen molar-refractivity contribution >= 4 is 17.7 Å². The number of hydrogen-bond acceptors (Lipinski definition) is 5. The second kappa shape index (κ2) is 9.32. The first kappa shape index (κ1) is 21.6. The Bertz CT molecular complexity index is 639. The van der Waals surface area contributed by atoms with Crippen LogP contribution in [0.15, 0.2) is 42.5 Å². The molecule has 0 bridgehead atoms. The molecular formula is C21H28O5. The molecule has 0 unspecified atom stereocenters. The summed E-state index contributed by atoms with van der Waals surface area (Å²) >= 11 is 0. The van der Waals surface area contributed by atoms with Crippen LogP contribution in [-0.4, -0.2) is 31.9 Å². The lowest BCUT2D eigenvalue weighted by Crippen LogP contribution is -2.37.